The van der Waals surface area contributed by atoms with Crippen molar-refractivity contribution in [1.82, 2.24) is 25.3 Å². The van der Waals surface area contributed by atoms with Crippen molar-refractivity contribution in [2.45, 2.75) is 70.9 Å². The van der Waals surface area contributed by atoms with Crippen molar-refractivity contribution in [2.75, 3.05) is 26.7 Å². The van der Waals surface area contributed by atoms with E-state index in [0.29, 0.717) is 32.4 Å². The molecule has 1 fully saturated rings. The Morgan fingerprint density at radius 3 is 2.00 bits per heavy atom. The third kappa shape index (κ3) is 8.87. The number of fused-ring (bicyclic) bond motifs is 2. The van der Waals surface area contributed by atoms with Crippen LogP contribution in [0.1, 0.15) is 74.1 Å². The first-order valence-electron chi connectivity index (χ1n) is 18.4. The number of urea groups is 1. The second kappa shape index (κ2) is 16.5. The molecule has 2 atom stereocenters. The van der Waals surface area contributed by atoms with Crippen molar-refractivity contribution >= 4 is 45.5 Å². The van der Waals surface area contributed by atoms with E-state index in [1.165, 1.54) is 11.9 Å². The van der Waals surface area contributed by atoms with E-state index in [1.807, 2.05) is 93.6 Å². The van der Waals surface area contributed by atoms with Crippen LogP contribution in [-0.2, 0) is 27.1 Å². The lowest BCUT2D eigenvalue weighted by atomic mass is 9.84. The zero-order valence-corrected chi connectivity index (χ0v) is 31.4. The van der Waals surface area contributed by atoms with Crippen LogP contribution in [0.5, 0.6) is 0 Å². The van der Waals surface area contributed by atoms with Gasteiger partial charge >= 0.3 is 18.1 Å². The van der Waals surface area contributed by atoms with Crippen molar-refractivity contribution < 1.29 is 33.2 Å². The van der Waals surface area contributed by atoms with Crippen LogP contribution < -0.4 is 5.32 Å². The maximum Gasteiger partial charge on any atom is 0.410 e. The molecule has 4 aromatic carbocycles. The van der Waals surface area contributed by atoms with E-state index in [4.69, 9.17) is 14.0 Å². The van der Waals surface area contributed by atoms with Gasteiger partial charge in [0.15, 0.2) is 0 Å². The SMILES string of the molecule is CCOC(=O)c1noc([C@H](Cc2ccc3ccccc3c2)[C@@H](Cc2ccc3ccccc3c2)N(C(=O)NC)C(=O)C2CCN(C(=O)OC(C)(C)C)CC2)n1. The minimum Gasteiger partial charge on any atom is -0.460 e. The number of nitrogens with zero attached hydrogens (tertiary/aromatic N) is 4. The summed E-state index contributed by atoms with van der Waals surface area (Å²) in [6, 6.07) is 26.7. The van der Waals surface area contributed by atoms with E-state index in [0.717, 1.165) is 32.7 Å². The molecule has 12 nitrogen and oxygen atoms in total. The van der Waals surface area contributed by atoms with Gasteiger partial charge in [-0.1, -0.05) is 84.9 Å². The Hall–Kier alpha value is -5.78. The first-order valence-corrected chi connectivity index (χ1v) is 18.4. The summed E-state index contributed by atoms with van der Waals surface area (Å²) in [5, 5.41) is 10.8. The molecule has 0 spiro atoms. The Balaban J connectivity index is 1.42. The molecule has 1 aliphatic heterocycles. The maximum absolute atomic E-state index is 14.8. The number of esters is 1. The van der Waals surface area contributed by atoms with Gasteiger partial charge in [-0.2, -0.15) is 4.98 Å². The first kappa shape index (κ1) is 38.0. The van der Waals surface area contributed by atoms with E-state index in [2.05, 4.69) is 27.6 Å². The van der Waals surface area contributed by atoms with Crippen molar-refractivity contribution in [1.29, 1.82) is 0 Å². The van der Waals surface area contributed by atoms with Crippen LogP contribution in [0.3, 0.4) is 0 Å². The maximum atomic E-state index is 14.8. The fourth-order valence-corrected chi connectivity index (χ4v) is 7.06. The number of likely N-dealkylation sites (tertiary alicyclic amines) is 1. The van der Waals surface area contributed by atoms with Crippen LogP contribution >= 0.6 is 0 Å². The summed E-state index contributed by atoms with van der Waals surface area (Å²) >= 11 is 0. The number of carbonyl (C=O) groups is 4. The molecular formula is C42H47N5O7. The Morgan fingerprint density at radius 2 is 1.44 bits per heavy atom. The standard InChI is InChI=1S/C42H47N5O7/c1-6-52-39(49)36-44-37(54-45-36)34(25-27-15-17-29-11-7-9-13-32(29)23-27)35(26-28-16-18-30-12-8-10-14-33(30)24-28)47(40(50)43-5)38(48)31-19-21-46(22-20-31)41(51)53-42(2,3)4/h7-18,23-24,31,34-35H,6,19-22,25-26H2,1-5H3,(H,43,50)/t34-,35-/m1/s1. The van der Waals surface area contributed by atoms with Crippen LogP contribution in [0.2, 0.25) is 0 Å². The topological polar surface area (TPSA) is 144 Å². The van der Waals surface area contributed by atoms with Crippen LogP contribution in [0.25, 0.3) is 21.5 Å². The summed E-state index contributed by atoms with van der Waals surface area (Å²) < 4.78 is 16.6. The Labute approximate surface area is 314 Å². The van der Waals surface area contributed by atoms with Crippen molar-refractivity contribution in [3.8, 4) is 0 Å². The van der Waals surface area contributed by atoms with Crippen LogP contribution in [0.15, 0.2) is 89.5 Å². The molecule has 0 saturated carbocycles. The van der Waals surface area contributed by atoms with Gasteiger partial charge in [0.05, 0.1) is 18.6 Å². The van der Waals surface area contributed by atoms with Crippen LogP contribution in [-0.4, -0.2) is 82.3 Å². The third-order valence-corrected chi connectivity index (χ3v) is 9.71. The number of ether oxygens (including phenoxy) is 2. The highest BCUT2D eigenvalue weighted by Crippen LogP contribution is 2.34. The van der Waals surface area contributed by atoms with Gasteiger partial charge in [0.25, 0.3) is 5.82 Å². The van der Waals surface area contributed by atoms with Crippen molar-refractivity contribution in [3.63, 3.8) is 0 Å². The normalized spacial score (nSPS) is 14.7. The number of hydrogen-bond acceptors (Lipinski definition) is 9. The molecule has 0 radical (unpaired) electrons. The van der Waals surface area contributed by atoms with Gasteiger partial charge in [-0.3, -0.25) is 9.69 Å². The third-order valence-electron chi connectivity index (χ3n) is 9.71. The summed E-state index contributed by atoms with van der Waals surface area (Å²) in [6.07, 6.45) is 0.797. The predicted octanol–water partition coefficient (Wildman–Crippen LogP) is 7.31. The van der Waals surface area contributed by atoms with Crippen LogP contribution in [0, 0.1) is 5.92 Å². The number of hydrogen-bond donors (Lipinski definition) is 1. The molecule has 5 aromatic rings. The molecule has 1 aliphatic rings. The van der Waals surface area contributed by atoms with Gasteiger partial charge in [-0.25, -0.2) is 14.4 Å². The minimum absolute atomic E-state index is 0.0958. The number of imide groups is 1. The van der Waals surface area contributed by atoms with Crippen LogP contribution in [0.4, 0.5) is 9.59 Å². The lowest BCUT2D eigenvalue weighted by molar-refractivity contribution is -0.136. The molecule has 0 bridgehead atoms. The summed E-state index contributed by atoms with van der Waals surface area (Å²) in [7, 11) is 1.49. The van der Waals surface area contributed by atoms with E-state index >= 15 is 0 Å². The molecule has 0 unspecified atom stereocenters. The number of carbonyl (C=O) groups excluding carboxylic acids is 4. The highest BCUT2D eigenvalue weighted by Gasteiger charge is 2.42. The molecule has 0 aliphatic carbocycles. The van der Waals surface area contributed by atoms with Gasteiger partial charge in [-0.05, 0) is 91.2 Å². The number of benzene rings is 4. The smallest absolute Gasteiger partial charge is 0.410 e. The second-order valence-corrected chi connectivity index (χ2v) is 14.6. The van der Waals surface area contributed by atoms with Crippen molar-refractivity contribution in [3.05, 3.63) is 108 Å². The quantitative estimate of drug-likeness (QED) is 0.146. The molecule has 6 rings (SSSR count). The second-order valence-electron chi connectivity index (χ2n) is 14.6. The molecule has 12 heteroatoms. The molecule has 2 heterocycles. The fraction of sp³-hybridized carbons (Fsp3) is 0.381. The molecule has 54 heavy (non-hydrogen) atoms. The highest BCUT2D eigenvalue weighted by molar-refractivity contribution is 5.96. The number of amides is 4. The van der Waals surface area contributed by atoms with E-state index in [9.17, 15) is 19.2 Å². The van der Waals surface area contributed by atoms with E-state index < -0.39 is 41.6 Å². The lowest BCUT2D eigenvalue weighted by Gasteiger charge is -2.38. The largest absolute Gasteiger partial charge is 0.460 e. The molecule has 4 amide bonds. The zero-order valence-electron chi connectivity index (χ0n) is 31.4. The molecule has 1 N–H and O–H groups in total. The van der Waals surface area contributed by atoms with Crippen molar-refractivity contribution in [2.24, 2.45) is 5.92 Å². The molecule has 1 aromatic heterocycles. The van der Waals surface area contributed by atoms with Gasteiger partial charge in [0.1, 0.15) is 5.60 Å². The number of aromatic nitrogens is 2. The molecule has 282 valence electrons. The highest BCUT2D eigenvalue weighted by atomic mass is 16.6. The molecule has 1 saturated heterocycles. The Kier molecular flexibility index (Phi) is 11.6. The zero-order chi connectivity index (χ0) is 38.4. The Bertz CT molecular complexity index is 2130. The average molecular weight is 734 g/mol. The summed E-state index contributed by atoms with van der Waals surface area (Å²) in [4.78, 5) is 61.9. The molecular weight excluding hydrogens is 686 g/mol. The predicted molar refractivity (Wildman–Crippen MR) is 204 cm³/mol. The Morgan fingerprint density at radius 1 is 0.870 bits per heavy atom. The van der Waals surface area contributed by atoms with E-state index in [-0.39, 0.29) is 30.7 Å². The van der Waals surface area contributed by atoms with Gasteiger partial charge in [0.2, 0.25) is 11.8 Å². The summed E-state index contributed by atoms with van der Waals surface area (Å²) in [5.74, 6) is -2.56. The summed E-state index contributed by atoms with van der Waals surface area (Å²) in [5.41, 5.74) is 1.14. The van der Waals surface area contributed by atoms with Gasteiger partial charge in [0, 0.05) is 26.1 Å². The van der Waals surface area contributed by atoms with E-state index in [1.54, 1.807) is 11.8 Å². The van der Waals surface area contributed by atoms with Gasteiger partial charge < -0.3 is 24.2 Å². The lowest BCUT2D eigenvalue weighted by Crippen LogP contribution is -2.55. The summed E-state index contributed by atoms with van der Waals surface area (Å²) in [6.45, 7) is 7.85. The number of piperidine rings is 1. The average Bonchev–Trinajstić information content (AvgIpc) is 3.66. The minimum atomic E-state index is -0.843. The number of nitrogens with one attached hydrogen (secondary N) is 1. The fourth-order valence-electron chi connectivity index (χ4n) is 7.06. The van der Waals surface area contributed by atoms with Gasteiger partial charge in [-0.15, -0.1) is 0 Å². The monoisotopic (exact) mass is 733 g/mol. The first-order chi connectivity index (χ1) is 25.9. The number of rotatable bonds is 10.